The van der Waals surface area contributed by atoms with E-state index in [1.807, 2.05) is 38.2 Å². The van der Waals surface area contributed by atoms with Gasteiger partial charge >= 0.3 is 5.97 Å². The first kappa shape index (κ1) is 23.6. The first-order chi connectivity index (χ1) is 14.5. The number of hydrogen-bond donors (Lipinski definition) is 1. The van der Waals surface area contributed by atoms with Crippen LogP contribution in [0.2, 0.25) is 13.1 Å². The van der Waals surface area contributed by atoms with Crippen molar-refractivity contribution in [1.29, 1.82) is 0 Å². The van der Waals surface area contributed by atoms with Crippen LogP contribution in [0.3, 0.4) is 0 Å². The summed E-state index contributed by atoms with van der Waals surface area (Å²) in [6.07, 6.45) is -1.29. The van der Waals surface area contributed by atoms with Crippen LogP contribution in [0.4, 0.5) is 0 Å². The molecular weight excluding hydrogens is 412 g/mol. The van der Waals surface area contributed by atoms with E-state index in [4.69, 9.17) is 18.6 Å². The van der Waals surface area contributed by atoms with Gasteiger partial charge in [-0.25, -0.2) is 4.79 Å². The Morgan fingerprint density at radius 3 is 2.48 bits per heavy atom. The van der Waals surface area contributed by atoms with Gasteiger partial charge in [0.1, 0.15) is 11.5 Å². The first-order valence-electron chi connectivity index (χ1n) is 10.6. The van der Waals surface area contributed by atoms with Crippen LogP contribution >= 0.6 is 0 Å². The fourth-order valence-corrected chi connectivity index (χ4v) is 5.39. The number of carbonyl (C=O) groups is 1. The largest absolute Gasteiger partial charge is 0.507 e. The highest BCUT2D eigenvalue weighted by molar-refractivity contribution is 6.48. The van der Waals surface area contributed by atoms with Crippen molar-refractivity contribution in [3.8, 4) is 11.5 Å². The predicted molar refractivity (Wildman–Crippen MR) is 122 cm³/mol. The lowest BCUT2D eigenvalue weighted by Gasteiger charge is -2.38. The van der Waals surface area contributed by atoms with Crippen LogP contribution in [-0.4, -0.2) is 46.5 Å². The van der Waals surface area contributed by atoms with Gasteiger partial charge in [-0.2, -0.15) is 0 Å². The van der Waals surface area contributed by atoms with Crippen molar-refractivity contribution in [2.24, 2.45) is 0 Å². The smallest absolute Gasteiger partial charge is 0.336 e. The molecule has 0 saturated carbocycles. The molecule has 0 bridgehead atoms. The zero-order valence-corrected chi connectivity index (χ0v) is 20.7. The van der Waals surface area contributed by atoms with Crippen molar-refractivity contribution in [3.63, 3.8) is 0 Å². The summed E-state index contributed by atoms with van der Waals surface area (Å²) in [5, 5.41) is 13.0. The summed E-state index contributed by atoms with van der Waals surface area (Å²) in [7, 11) is 1.80. The molecule has 1 aliphatic rings. The van der Waals surface area contributed by atoms with Crippen molar-refractivity contribution < 1.29 is 28.5 Å². The third kappa shape index (κ3) is 4.31. The minimum atomic E-state index is -1.17. The van der Waals surface area contributed by atoms with Gasteiger partial charge in [0, 0.05) is 12.0 Å². The molecule has 0 amide bonds. The second-order valence-corrected chi connectivity index (χ2v) is 11.3. The number of rotatable bonds is 5. The summed E-state index contributed by atoms with van der Waals surface area (Å²) in [5.41, 5.74) is 2.67. The minimum Gasteiger partial charge on any atom is -0.507 e. The molecule has 0 fully saturated rings. The molecule has 3 rings (SSSR count). The fourth-order valence-electron chi connectivity index (χ4n) is 4.64. The Kier molecular flexibility index (Phi) is 6.69. The molecule has 6 nitrogen and oxygen atoms in total. The topological polar surface area (TPSA) is 74.2 Å². The van der Waals surface area contributed by atoms with Crippen molar-refractivity contribution in [3.05, 3.63) is 34.9 Å². The molecule has 1 radical (unpaired) electrons. The molecule has 0 aliphatic carbocycles. The third-order valence-corrected chi connectivity index (χ3v) is 6.43. The van der Waals surface area contributed by atoms with Gasteiger partial charge in [-0.3, -0.25) is 0 Å². The molecule has 7 heteroatoms. The third-order valence-electron chi connectivity index (χ3n) is 5.71. The average molecular weight is 446 g/mol. The van der Waals surface area contributed by atoms with E-state index in [2.05, 4.69) is 20.8 Å². The lowest BCUT2D eigenvalue weighted by Crippen LogP contribution is -2.45. The number of benzene rings is 2. The highest BCUT2D eigenvalue weighted by Crippen LogP contribution is 2.49. The quantitative estimate of drug-likeness (QED) is 0.533. The molecule has 1 heterocycles. The minimum absolute atomic E-state index is 0.174. The van der Waals surface area contributed by atoms with Crippen molar-refractivity contribution in [2.75, 3.05) is 14.2 Å². The van der Waals surface area contributed by atoms with Crippen LogP contribution in [0.25, 0.3) is 10.8 Å². The number of phenolic OH excluding ortho intramolecular Hbond substituents is 1. The van der Waals surface area contributed by atoms with Gasteiger partial charge in [-0.1, -0.05) is 32.9 Å². The average Bonchev–Trinajstić information content (AvgIpc) is 2.69. The number of ether oxygens (including phenoxy) is 3. The Bertz CT molecular complexity index is 978. The molecule has 1 N–H and O–H groups in total. The summed E-state index contributed by atoms with van der Waals surface area (Å²) >= 11 is 0. The van der Waals surface area contributed by atoms with Gasteiger partial charge in [0.05, 0.1) is 31.8 Å². The van der Waals surface area contributed by atoms with Crippen LogP contribution < -0.4 is 4.74 Å². The summed E-state index contributed by atoms with van der Waals surface area (Å²) < 4.78 is 22.9. The van der Waals surface area contributed by atoms with Crippen LogP contribution in [0.15, 0.2) is 18.2 Å². The zero-order valence-electron chi connectivity index (χ0n) is 19.7. The number of carbonyl (C=O) groups excluding carboxylic acids is 1. The number of esters is 1. The van der Waals surface area contributed by atoms with E-state index in [0.717, 1.165) is 22.1 Å². The van der Waals surface area contributed by atoms with E-state index in [-0.39, 0.29) is 11.2 Å². The van der Waals surface area contributed by atoms with E-state index in [1.54, 1.807) is 7.11 Å². The molecular formula is C24H33O6Si. The highest BCUT2D eigenvalue weighted by atomic mass is 28.3. The molecule has 169 valence electrons. The maximum Gasteiger partial charge on any atom is 0.336 e. The lowest BCUT2D eigenvalue weighted by molar-refractivity contribution is -0.161. The maximum absolute atomic E-state index is 12.5. The standard InChI is InChI=1S/C24H33O6Si/c1-13-18-15(12-17(29-13)22(23(26)28-6)30-31(7)8)20(24(2,3)4)14-10-9-11-16(27-5)19(14)21(18)25/h9-11,13,17,22,25H,12H2,1-8H3. The molecule has 2 aromatic rings. The second-order valence-electron chi connectivity index (χ2n) is 9.24. The van der Waals surface area contributed by atoms with Gasteiger partial charge in [0.15, 0.2) is 6.10 Å². The van der Waals surface area contributed by atoms with Crippen molar-refractivity contribution in [2.45, 2.75) is 70.9 Å². The normalized spacial score (nSPS) is 19.9. The maximum atomic E-state index is 12.5. The fraction of sp³-hybridized carbons (Fsp3) is 0.542. The van der Waals surface area contributed by atoms with E-state index in [0.29, 0.717) is 17.6 Å². The molecule has 0 spiro atoms. The summed E-state index contributed by atoms with van der Waals surface area (Å²) in [6.45, 7) is 12.3. The number of aromatic hydroxyl groups is 1. The highest BCUT2D eigenvalue weighted by Gasteiger charge is 2.41. The molecule has 3 unspecified atom stereocenters. The van der Waals surface area contributed by atoms with Crippen LogP contribution in [0.1, 0.15) is 50.5 Å². The molecule has 3 atom stereocenters. The van der Waals surface area contributed by atoms with Gasteiger partial charge < -0.3 is 23.7 Å². The Hall–Kier alpha value is -2.09. The Morgan fingerprint density at radius 1 is 1.26 bits per heavy atom. The van der Waals surface area contributed by atoms with Crippen molar-refractivity contribution >= 4 is 25.8 Å². The van der Waals surface area contributed by atoms with E-state index < -0.39 is 33.3 Å². The van der Waals surface area contributed by atoms with Crippen LogP contribution in [-0.2, 0) is 30.5 Å². The Morgan fingerprint density at radius 2 is 1.94 bits per heavy atom. The number of methoxy groups -OCH3 is 2. The molecule has 31 heavy (non-hydrogen) atoms. The summed E-state index contributed by atoms with van der Waals surface area (Å²) in [4.78, 5) is 12.5. The number of phenols is 1. The number of fused-ring (bicyclic) bond motifs is 2. The van der Waals surface area contributed by atoms with E-state index >= 15 is 0 Å². The molecule has 0 saturated heterocycles. The van der Waals surface area contributed by atoms with E-state index in [1.165, 1.54) is 7.11 Å². The molecule has 0 aromatic heterocycles. The van der Waals surface area contributed by atoms with Crippen LogP contribution in [0, 0.1) is 0 Å². The SMILES string of the molecule is COC(=O)C(O[Si](C)C)C1Cc2c(c(O)c3c(OC)cccc3c2C(C)(C)C)C(C)O1. The van der Waals surface area contributed by atoms with Gasteiger partial charge in [-0.15, -0.1) is 0 Å². The van der Waals surface area contributed by atoms with Gasteiger partial charge in [0.25, 0.3) is 0 Å². The zero-order chi connectivity index (χ0) is 23.1. The monoisotopic (exact) mass is 445 g/mol. The second kappa shape index (κ2) is 8.80. The Balaban J connectivity index is 2.27. The molecule has 2 aromatic carbocycles. The van der Waals surface area contributed by atoms with Crippen molar-refractivity contribution in [1.82, 2.24) is 0 Å². The van der Waals surface area contributed by atoms with Crippen LogP contribution in [0.5, 0.6) is 11.5 Å². The summed E-state index contributed by atoms with van der Waals surface area (Å²) in [5.74, 6) is 0.362. The Labute approximate surface area is 186 Å². The summed E-state index contributed by atoms with van der Waals surface area (Å²) in [6, 6.07) is 5.80. The lowest BCUT2D eigenvalue weighted by atomic mass is 9.75. The van der Waals surface area contributed by atoms with E-state index in [9.17, 15) is 9.90 Å². The predicted octanol–water partition coefficient (Wildman–Crippen LogP) is 4.66. The number of hydrogen-bond acceptors (Lipinski definition) is 6. The molecule has 1 aliphatic heterocycles. The van der Waals surface area contributed by atoms with Gasteiger partial charge in [0.2, 0.25) is 9.04 Å². The first-order valence-corrected chi connectivity index (χ1v) is 13.0. The van der Waals surface area contributed by atoms with Gasteiger partial charge in [-0.05, 0) is 48.0 Å².